The van der Waals surface area contributed by atoms with E-state index in [1.807, 2.05) is 6.92 Å². The van der Waals surface area contributed by atoms with Crippen molar-refractivity contribution in [1.29, 1.82) is 0 Å². The van der Waals surface area contributed by atoms with E-state index >= 15 is 0 Å². The zero-order valence-electron chi connectivity index (χ0n) is 7.09. The van der Waals surface area contributed by atoms with Crippen molar-refractivity contribution >= 4 is 0 Å². The maximum atomic E-state index is 12.3. The molecule has 66 valence electrons. The van der Waals surface area contributed by atoms with Gasteiger partial charge in [0.1, 0.15) is 18.1 Å². The molecule has 0 fully saturated rings. The van der Waals surface area contributed by atoms with Crippen LogP contribution in [0.15, 0.2) is 18.3 Å². The maximum Gasteiger partial charge on any atom is 0.143 e. The molecule has 1 rings (SSSR count). The van der Waals surface area contributed by atoms with Gasteiger partial charge in [0.2, 0.25) is 0 Å². The molecule has 12 heavy (non-hydrogen) atoms. The molecule has 1 aromatic heterocycles. The van der Waals surface area contributed by atoms with E-state index in [0.29, 0.717) is 18.1 Å². The molecule has 0 amide bonds. The summed E-state index contributed by atoms with van der Waals surface area (Å²) in [5.41, 5.74) is 0.381. The van der Waals surface area contributed by atoms with E-state index in [1.165, 1.54) is 0 Å². The highest BCUT2D eigenvalue weighted by Gasteiger charge is 2.01. The molecule has 0 saturated carbocycles. The average Bonchev–Trinajstić information content (AvgIpc) is 2.15. The molecule has 3 heteroatoms. The zero-order chi connectivity index (χ0) is 8.81. The number of pyridine rings is 1. The lowest BCUT2D eigenvalue weighted by molar-refractivity contribution is 0.306. The molecule has 0 aliphatic rings. The molecule has 0 N–H and O–H groups in total. The van der Waals surface area contributed by atoms with Gasteiger partial charge in [0.15, 0.2) is 0 Å². The standard InChI is InChI=1S/C9H12FNO/c1-2-6-12-9-4-3-5-11-8(9)7-10/h3-5H,2,6-7H2,1H3. The Morgan fingerprint density at radius 2 is 2.42 bits per heavy atom. The van der Waals surface area contributed by atoms with Crippen molar-refractivity contribution in [3.8, 4) is 5.75 Å². The van der Waals surface area contributed by atoms with Gasteiger partial charge in [0.05, 0.1) is 6.61 Å². The van der Waals surface area contributed by atoms with Gasteiger partial charge in [-0.2, -0.15) is 0 Å². The van der Waals surface area contributed by atoms with Crippen LogP contribution in [0.1, 0.15) is 19.0 Å². The van der Waals surface area contributed by atoms with Gasteiger partial charge in [0, 0.05) is 6.20 Å². The number of halogens is 1. The normalized spacial score (nSPS) is 9.83. The molecule has 0 aliphatic heterocycles. The van der Waals surface area contributed by atoms with E-state index in [-0.39, 0.29) is 0 Å². The first-order valence-electron chi connectivity index (χ1n) is 4.01. The largest absolute Gasteiger partial charge is 0.492 e. The topological polar surface area (TPSA) is 22.1 Å². The van der Waals surface area contributed by atoms with Gasteiger partial charge in [-0.05, 0) is 18.6 Å². The van der Waals surface area contributed by atoms with Gasteiger partial charge >= 0.3 is 0 Å². The third kappa shape index (κ3) is 2.19. The fourth-order valence-electron chi connectivity index (χ4n) is 0.867. The minimum absolute atomic E-state index is 0.381. The molecular weight excluding hydrogens is 157 g/mol. The van der Waals surface area contributed by atoms with Crippen molar-refractivity contribution in [3.05, 3.63) is 24.0 Å². The Hall–Kier alpha value is -1.12. The first-order chi connectivity index (χ1) is 5.88. The predicted molar refractivity (Wildman–Crippen MR) is 44.8 cm³/mol. The highest BCUT2D eigenvalue weighted by atomic mass is 19.1. The number of aromatic nitrogens is 1. The fourth-order valence-corrected chi connectivity index (χ4v) is 0.867. The summed E-state index contributed by atoms with van der Waals surface area (Å²) in [4.78, 5) is 3.85. The van der Waals surface area contributed by atoms with E-state index in [2.05, 4.69) is 4.98 Å². The highest BCUT2D eigenvalue weighted by molar-refractivity contribution is 5.25. The Kier molecular flexibility index (Phi) is 3.51. The van der Waals surface area contributed by atoms with Crippen LogP contribution in [0, 0.1) is 0 Å². The van der Waals surface area contributed by atoms with Crippen LogP contribution in [0.2, 0.25) is 0 Å². The SMILES string of the molecule is CCCOc1cccnc1CF. The molecule has 1 heterocycles. The van der Waals surface area contributed by atoms with Gasteiger partial charge in [-0.15, -0.1) is 0 Å². The Morgan fingerprint density at radius 3 is 3.08 bits per heavy atom. The molecular formula is C9H12FNO. The lowest BCUT2D eigenvalue weighted by Crippen LogP contribution is -1.99. The molecule has 0 radical (unpaired) electrons. The van der Waals surface area contributed by atoms with E-state index in [4.69, 9.17) is 4.74 Å². The van der Waals surface area contributed by atoms with Crippen LogP contribution in [-0.2, 0) is 6.67 Å². The van der Waals surface area contributed by atoms with Crippen LogP contribution in [0.5, 0.6) is 5.75 Å². The summed E-state index contributed by atoms with van der Waals surface area (Å²) < 4.78 is 17.5. The third-order valence-corrected chi connectivity index (χ3v) is 1.44. The second-order valence-corrected chi connectivity index (χ2v) is 2.43. The molecule has 0 saturated heterocycles. The number of hydrogen-bond acceptors (Lipinski definition) is 2. The number of alkyl halides is 1. The second-order valence-electron chi connectivity index (χ2n) is 2.43. The second kappa shape index (κ2) is 4.70. The van der Waals surface area contributed by atoms with E-state index in [9.17, 15) is 4.39 Å². The summed E-state index contributed by atoms with van der Waals surface area (Å²) in [6.45, 7) is 2.05. The summed E-state index contributed by atoms with van der Waals surface area (Å²) in [6.07, 6.45) is 2.48. The molecule has 0 aromatic carbocycles. The number of hydrogen-bond donors (Lipinski definition) is 0. The van der Waals surface area contributed by atoms with Crippen LogP contribution in [0.4, 0.5) is 4.39 Å². The zero-order valence-corrected chi connectivity index (χ0v) is 7.09. The first-order valence-corrected chi connectivity index (χ1v) is 4.01. The molecule has 0 atom stereocenters. The monoisotopic (exact) mass is 169 g/mol. The summed E-state index contributed by atoms with van der Waals surface area (Å²) in [5.74, 6) is 0.557. The predicted octanol–water partition coefficient (Wildman–Crippen LogP) is 2.34. The molecule has 0 spiro atoms. The number of rotatable bonds is 4. The summed E-state index contributed by atoms with van der Waals surface area (Å²) in [6, 6.07) is 3.47. The maximum absolute atomic E-state index is 12.3. The molecule has 1 aromatic rings. The minimum atomic E-state index is -0.570. The van der Waals surface area contributed by atoms with Gasteiger partial charge in [-0.3, -0.25) is 4.98 Å². The van der Waals surface area contributed by atoms with Crippen LogP contribution >= 0.6 is 0 Å². The molecule has 0 bridgehead atoms. The Balaban J connectivity index is 2.68. The first kappa shape index (κ1) is 8.97. The van der Waals surface area contributed by atoms with Gasteiger partial charge < -0.3 is 4.74 Å². The molecule has 2 nitrogen and oxygen atoms in total. The van der Waals surface area contributed by atoms with Crippen molar-refractivity contribution in [1.82, 2.24) is 4.98 Å². The fraction of sp³-hybridized carbons (Fsp3) is 0.444. The quantitative estimate of drug-likeness (QED) is 0.690. The van der Waals surface area contributed by atoms with Gasteiger partial charge in [-0.25, -0.2) is 4.39 Å². The summed E-state index contributed by atoms with van der Waals surface area (Å²) in [5, 5.41) is 0. The van der Waals surface area contributed by atoms with Crippen molar-refractivity contribution in [3.63, 3.8) is 0 Å². The Bertz CT molecular complexity index is 240. The van der Waals surface area contributed by atoms with Crippen molar-refractivity contribution in [2.45, 2.75) is 20.0 Å². The number of ether oxygens (including phenoxy) is 1. The molecule has 0 aliphatic carbocycles. The van der Waals surface area contributed by atoms with Crippen molar-refractivity contribution in [2.24, 2.45) is 0 Å². The minimum Gasteiger partial charge on any atom is -0.492 e. The van der Waals surface area contributed by atoms with Crippen LogP contribution in [-0.4, -0.2) is 11.6 Å². The van der Waals surface area contributed by atoms with Crippen molar-refractivity contribution in [2.75, 3.05) is 6.61 Å². The van der Waals surface area contributed by atoms with Gasteiger partial charge in [0.25, 0.3) is 0 Å². The van der Waals surface area contributed by atoms with E-state index < -0.39 is 6.67 Å². The molecule has 0 unspecified atom stereocenters. The lowest BCUT2D eigenvalue weighted by atomic mass is 10.3. The van der Waals surface area contributed by atoms with Crippen LogP contribution < -0.4 is 4.74 Å². The average molecular weight is 169 g/mol. The summed E-state index contributed by atoms with van der Waals surface area (Å²) >= 11 is 0. The summed E-state index contributed by atoms with van der Waals surface area (Å²) in [7, 11) is 0. The Labute approximate surface area is 71.4 Å². The van der Waals surface area contributed by atoms with Crippen LogP contribution in [0.25, 0.3) is 0 Å². The lowest BCUT2D eigenvalue weighted by Gasteiger charge is -2.06. The Morgan fingerprint density at radius 1 is 1.58 bits per heavy atom. The smallest absolute Gasteiger partial charge is 0.143 e. The van der Waals surface area contributed by atoms with Gasteiger partial charge in [-0.1, -0.05) is 6.92 Å². The van der Waals surface area contributed by atoms with E-state index in [1.54, 1.807) is 18.3 Å². The van der Waals surface area contributed by atoms with Crippen LogP contribution in [0.3, 0.4) is 0 Å². The third-order valence-electron chi connectivity index (χ3n) is 1.44. The van der Waals surface area contributed by atoms with E-state index in [0.717, 1.165) is 6.42 Å². The van der Waals surface area contributed by atoms with Crippen molar-refractivity contribution < 1.29 is 9.13 Å². The highest BCUT2D eigenvalue weighted by Crippen LogP contribution is 2.15. The number of nitrogens with zero attached hydrogens (tertiary/aromatic N) is 1.